The van der Waals surface area contributed by atoms with Crippen molar-refractivity contribution in [1.29, 1.82) is 0 Å². The normalized spacial score (nSPS) is 20.8. The van der Waals surface area contributed by atoms with E-state index >= 15 is 0 Å². The topological polar surface area (TPSA) is 49.3 Å². The number of ether oxygens (including phenoxy) is 2. The molecule has 0 saturated carbocycles. The van der Waals surface area contributed by atoms with Gasteiger partial charge in [0.15, 0.2) is 17.5 Å². The summed E-state index contributed by atoms with van der Waals surface area (Å²) in [5, 5.41) is 3.37. The molecule has 1 atom stereocenters. The van der Waals surface area contributed by atoms with E-state index in [4.69, 9.17) is 9.47 Å². The van der Waals surface area contributed by atoms with Crippen molar-refractivity contribution >= 4 is 29.9 Å². The Hall–Kier alpha value is -1.13. The lowest BCUT2D eigenvalue weighted by Crippen LogP contribution is -2.42. The average Bonchev–Trinajstić information content (AvgIpc) is 3.13. The Labute approximate surface area is 184 Å². The van der Waals surface area contributed by atoms with Crippen LogP contribution < -0.4 is 10.1 Å². The van der Waals surface area contributed by atoms with E-state index in [9.17, 15) is 4.39 Å². The monoisotopic (exact) mass is 506 g/mol. The van der Waals surface area contributed by atoms with E-state index in [-0.39, 0.29) is 29.8 Å². The lowest BCUT2D eigenvalue weighted by atomic mass is 10.1. The van der Waals surface area contributed by atoms with E-state index in [1.54, 1.807) is 13.1 Å². The van der Waals surface area contributed by atoms with Crippen LogP contribution in [0.25, 0.3) is 0 Å². The first kappa shape index (κ1) is 23.2. The van der Waals surface area contributed by atoms with Gasteiger partial charge in [-0.05, 0) is 37.0 Å². The van der Waals surface area contributed by atoms with Crippen molar-refractivity contribution in [2.24, 2.45) is 10.9 Å². The highest BCUT2D eigenvalue weighted by Crippen LogP contribution is 2.20. The standard InChI is InChI=1S/C20H31FN4O2.HI/c1-3-27-19-5-4-16(12-18(19)21)13-23-20(22-2)25-7-6-17(15-25)14-24-8-10-26-11-9-24;/h4-5,12,17H,3,6-11,13-15H2,1-2H3,(H,22,23);1H. The second-order valence-electron chi connectivity index (χ2n) is 7.11. The van der Waals surface area contributed by atoms with Crippen LogP contribution in [0.1, 0.15) is 18.9 Å². The van der Waals surface area contributed by atoms with E-state index < -0.39 is 0 Å². The summed E-state index contributed by atoms with van der Waals surface area (Å²) in [6.45, 7) is 9.75. The minimum absolute atomic E-state index is 0. The first-order chi connectivity index (χ1) is 13.2. The number of aliphatic imine (C=N–C) groups is 1. The number of nitrogens with one attached hydrogen (secondary N) is 1. The van der Waals surface area contributed by atoms with Crippen LogP contribution in [-0.2, 0) is 11.3 Å². The number of hydrogen-bond donors (Lipinski definition) is 1. The molecule has 2 aliphatic heterocycles. The maximum atomic E-state index is 14.0. The van der Waals surface area contributed by atoms with Crippen molar-refractivity contribution in [1.82, 2.24) is 15.1 Å². The molecule has 0 aromatic heterocycles. The van der Waals surface area contributed by atoms with E-state index in [0.29, 0.717) is 24.8 Å². The lowest BCUT2D eigenvalue weighted by Gasteiger charge is -2.29. The Morgan fingerprint density at radius 1 is 1.32 bits per heavy atom. The fourth-order valence-electron chi connectivity index (χ4n) is 3.76. The quantitative estimate of drug-likeness (QED) is 0.365. The van der Waals surface area contributed by atoms with Crippen LogP contribution in [-0.4, -0.2) is 75.4 Å². The molecule has 0 spiro atoms. The average molecular weight is 506 g/mol. The van der Waals surface area contributed by atoms with Crippen molar-refractivity contribution in [3.05, 3.63) is 29.6 Å². The van der Waals surface area contributed by atoms with Crippen LogP contribution in [0.15, 0.2) is 23.2 Å². The van der Waals surface area contributed by atoms with Crippen molar-refractivity contribution in [3.63, 3.8) is 0 Å². The maximum absolute atomic E-state index is 14.0. The minimum Gasteiger partial charge on any atom is -0.491 e. The number of morpholine rings is 1. The van der Waals surface area contributed by atoms with Crippen molar-refractivity contribution in [2.45, 2.75) is 19.9 Å². The molecule has 2 saturated heterocycles. The Morgan fingerprint density at radius 3 is 2.79 bits per heavy atom. The molecule has 0 radical (unpaired) electrons. The summed E-state index contributed by atoms with van der Waals surface area (Å²) < 4.78 is 24.7. The van der Waals surface area contributed by atoms with Gasteiger partial charge in [-0.15, -0.1) is 24.0 Å². The van der Waals surface area contributed by atoms with Crippen molar-refractivity contribution in [3.8, 4) is 5.75 Å². The molecule has 2 fully saturated rings. The van der Waals surface area contributed by atoms with E-state index in [2.05, 4.69) is 20.1 Å². The fourth-order valence-corrected chi connectivity index (χ4v) is 3.76. The predicted octanol–water partition coefficient (Wildman–Crippen LogP) is 2.57. The van der Waals surface area contributed by atoms with Crippen LogP contribution in [0.5, 0.6) is 5.75 Å². The number of guanidine groups is 1. The molecule has 158 valence electrons. The van der Waals surface area contributed by atoms with Gasteiger partial charge in [-0.3, -0.25) is 9.89 Å². The van der Waals surface area contributed by atoms with Crippen LogP contribution >= 0.6 is 24.0 Å². The van der Waals surface area contributed by atoms with Gasteiger partial charge in [-0.2, -0.15) is 0 Å². The van der Waals surface area contributed by atoms with E-state index in [0.717, 1.165) is 57.5 Å². The molecule has 2 aliphatic rings. The van der Waals surface area contributed by atoms with Crippen LogP contribution in [0, 0.1) is 11.7 Å². The Bertz CT molecular complexity index is 641. The van der Waals surface area contributed by atoms with Crippen molar-refractivity contribution in [2.75, 3.05) is 59.6 Å². The third-order valence-electron chi connectivity index (χ3n) is 5.16. The van der Waals surface area contributed by atoms with Gasteiger partial charge in [-0.1, -0.05) is 6.07 Å². The first-order valence-electron chi connectivity index (χ1n) is 9.86. The highest BCUT2D eigenvalue weighted by molar-refractivity contribution is 14.0. The van der Waals surface area contributed by atoms with E-state index in [1.165, 1.54) is 12.5 Å². The Kier molecular flexibility index (Phi) is 9.73. The summed E-state index contributed by atoms with van der Waals surface area (Å²) >= 11 is 0. The summed E-state index contributed by atoms with van der Waals surface area (Å²) in [6.07, 6.45) is 1.18. The molecule has 0 aliphatic carbocycles. The zero-order chi connectivity index (χ0) is 19.1. The molecule has 3 rings (SSSR count). The number of benzene rings is 1. The molecular formula is C20H32FIN4O2. The minimum atomic E-state index is -0.321. The third kappa shape index (κ3) is 6.45. The summed E-state index contributed by atoms with van der Waals surface area (Å²) in [6, 6.07) is 5.10. The van der Waals surface area contributed by atoms with Gasteiger partial charge in [0.25, 0.3) is 0 Å². The highest BCUT2D eigenvalue weighted by atomic mass is 127. The van der Waals surface area contributed by atoms with Gasteiger partial charge in [0.05, 0.1) is 19.8 Å². The summed E-state index contributed by atoms with van der Waals surface area (Å²) in [5.74, 6) is 1.52. The summed E-state index contributed by atoms with van der Waals surface area (Å²) in [5.41, 5.74) is 0.876. The number of halogens is 2. The second kappa shape index (κ2) is 11.8. The summed E-state index contributed by atoms with van der Waals surface area (Å²) in [4.78, 5) is 9.21. The molecule has 6 nitrogen and oxygen atoms in total. The fraction of sp³-hybridized carbons (Fsp3) is 0.650. The lowest BCUT2D eigenvalue weighted by molar-refractivity contribution is 0.0315. The molecule has 28 heavy (non-hydrogen) atoms. The number of likely N-dealkylation sites (tertiary alicyclic amines) is 1. The van der Waals surface area contributed by atoms with Crippen LogP contribution in [0.2, 0.25) is 0 Å². The predicted molar refractivity (Wildman–Crippen MR) is 120 cm³/mol. The molecule has 2 heterocycles. The Balaban J connectivity index is 0.00000280. The number of hydrogen-bond acceptors (Lipinski definition) is 4. The highest BCUT2D eigenvalue weighted by Gasteiger charge is 2.27. The van der Waals surface area contributed by atoms with Crippen LogP contribution in [0.4, 0.5) is 4.39 Å². The van der Waals surface area contributed by atoms with Gasteiger partial charge >= 0.3 is 0 Å². The van der Waals surface area contributed by atoms with Gasteiger partial charge in [-0.25, -0.2) is 4.39 Å². The number of rotatable bonds is 6. The molecule has 1 N–H and O–H groups in total. The molecule has 8 heteroatoms. The molecule has 1 unspecified atom stereocenters. The largest absolute Gasteiger partial charge is 0.491 e. The Morgan fingerprint density at radius 2 is 2.11 bits per heavy atom. The third-order valence-corrected chi connectivity index (χ3v) is 5.16. The van der Waals surface area contributed by atoms with E-state index in [1.807, 2.05) is 13.0 Å². The molecule has 0 amide bonds. The van der Waals surface area contributed by atoms with Crippen molar-refractivity contribution < 1.29 is 13.9 Å². The second-order valence-corrected chi connectivity index (χ2v) is 7.11. The zero-order valence-corrected chi connectivity index (χ0v) is 19.2. The molecule has 0 bridgehead atoms. The van der Waals surface area contributed by atoms with Gasteiger partial charge < -0.3 is 19.7 Å². The maximum Gasteiger partial charge on any atom is 0.193 e. The van der Waals surface area contributed by atoms with Crippen LogP contribution in [0.3, 0.4) is 0 Å². The number of nitrogens with zero attached hydrogens (tertiary/aromatic N) is 3. The van der Waals surface area contributed by atoms with Gasteiger partial charge in [0.1, 0.15) is 0 Å². The van der Waals surface area contributed by atoms with Gasteiger partial charge in [0, 0.05) is 46.3 Å². The zero-order valence-electron chi connectivity index (χ0n) is 16.8. The smallest absolute Gasteiger partial charge is 0.193 e. The first-order valence-corrected chi connectivity index (χ1v) is 9.86. The van der Waals surface area contributed by atoms with Gasteiger partial charge in [0.2, 0.25) is 0 Å². The SMILES string of the molecule is CCOc1ccc(CNC(=NC)N2CCC(CN3CCOCC3)C2)cc1F.I. The molecule has 1 aromatic carbocycles. The summed E-state index contributed by atoms with van der Waals surface area (Å²) in [7, 11) is 1.80. The molecule has 1 aromatic rings. The molecular weight excluding hydrogens is 474 g/mol.